The largest absolute Gasteiger partial charge is 0.416 e. The topological polar surface area (TPSA) is 68.4 Å². The predicted octanol–water partition coefficient (Wildman–Crippen LogP) is 1.90. The third-order valence-electron chi connectivity index (χ3n) is 6.99. The van der Waals surface area contributed by atoms with Gasteiger partial charge in [-0.3, -0.25) is 9.69 Å². The first kappa shape index (κ1) is 23.3. The SMILES string of the molecule is O=C1[C@H]2[C@H]3CC(CN3C(=S)NCCCN3CCOCC3)N2C(=O)N1c1cccc(C(F)(F)F)c1. The van der Waals surface area contributed by atoms with Crippen molar-refractivity contribution in [3.05, 3.63) is 29.8 Å². The summed E-state index contributed by atoms with van der Waals surface area (Å²) in [4.78, 5) is 33.0. The van der Waals surface area contributed by atoms with E-state index in [9.17, 15) is 22.8 Å². The van der Waals surface area contributed by atoms with E-state index in [1.165, 1.54) is 17.0 Å². The van der Waals surface area contributed by atoms with Crippen molar-refractivity contribution in [2.24, 2.45) is 0 Å². The number of ether oxygens (including phenoxy) is 1. The summed E-state index contributed by atoms with van der Waals surface area (Å²) in [7, 11) is 0. The van der Waals surface area contributed by atoms with E-state index >= 15 is 0 Å². The molecule has 1 unspecified atom stereocenters. The smallest absolute Gasteiger partial charge is 0.379 e. The fourth-order valence-corrected chi connectivity index (χ4v) is 5.69. The van der Waals surface area contributed by atoms with Crippen LogP contribution in [0.1, 0.15) is 18.4 Å². The van der Waals surface area contributed by atoms with Crippen molar-refractivity contribution in [1.82, 2.24) is 20.0 Å². The van der Waals surface area contributed by atoms with Crippen LogP contribution in [0.25, 0.3) is 0 Å². The fraction of sp³-hybridized carbons (Fsp3) is 0.591. The monoisotopic (exact) mass is 497 g/mol. The van der Waals surface area contributed by atoms with E-state index < -0.39 is 29.7 Å². The van der Waals surface area contributed by atoms with Crippen molar-refractivity contribution in [3.63, 3.8) is 0 Å². The van der Waals surface area contributed by atoms with Gasteiger partial charge in [0.25, 0.3) is 5.91 Å². The van der Waals surface area contributed by atoms with E-state index in [0.717, 1.165) is 56.3 Å². The minimum atomic E-state index is -4.56. The van der Waals surface area contributed by atoms with E-state index in [0.29, 0.717) is 24.6 Å². The van der Waals surface area contributed by atoms with Crippen molar-refractivity contribution in [2.75, 3.05) is 50.8 Å². The summed E-state index contributed by atoms with van der Waals surface area (Å²) in [5.74, 6) is -0.503. The molecule has 3 atom stereocenters. The van der Waals surface area contributed by atoms with E-state index in [2.05, 4.69) is 10.2 Å². The van der Waals surface area contributed by atoms with Crippen LogP contribution in [-0.4, -0.2) is 95.8 Å². The number of urea groups is 1. The summed E-state index contributed by atoms with van der Waals surface area (Å²) >= 11 is 5.58. The predicted molar refractivity (Wildman–Crippen MR) is 121 cm³/mol. The number of halogens is 3. The summed E-state index contributed by atoms with van der Waals surface area (Å²) in [5, 5.41) is 3.82. The fourth-order valence-electron chi connectivity index (χ4n) is 5.37. The van der Waals surface area contributed by atoms with Crippen LogP contribution >= 0.6 is 12.2 Å². The number of amides is 3. The van der Waals surface area contributed by atoms with E-state index in [4.69, 9.17) is 17.0 Å². The summed E-state index contributed by atoms with van der Waals surface area (Å²) in [6.07, 6.45) is -3.03. The first-order valence-corrected chi connectivity index (χ1v) is 11.8. The Hall–Kier alpha value is -2.44. The Labute approximate surface area is 200 Å². The lowest BCUT2D eigenvalue weighted by Gasteiger charge is -2.36. The highest BCUT2D eigenvalue weighted by Gasteiger charge is 2.62. The Morgan fingerprint density at radius 3 is 2.71 bits per heavy atom. The first-order valence-electron chi connectivity index (χ1n) is 11.4. The lowest BCUT2D eigenvalue weighted by molar-refractivity contribution is -0.137. The minimum Gasteiger partial charge on any atom is -0.379 e. The second-order valence-corrected chi connectivity index (χ2v) is 9.39. The number of hydrogen-bond acceptors (Lipinski definition) is 5. The number of nitrogens with one attached hydrogen (secondary N) is 1. The highest BCUT2D eigenvalue weighted by Crippen LogP contribution is 2.43. The zero-order valence-electron chi connectivity index (χ0n) is 18.5. The number of hydrogen-bond donors (Lipinski definition) is 1. The molecule has 4 aliphatic heterocycles. The number of thiocarbonyl (C=S) groups is 1. The molecule has 0 aliphatic carbocycles. The number of benzene rings is 1. The lowest BCUT2D eigenvalue weighted by Crippen LogP contribution is -2.57. The van der Waals surface area contributed by atoms with E-state index in [1.807, 2.05) is 4.90 Å². The van der Waals surface area contributed by atoms with Gasteiger partial charge in [0, 0.05) is 26.2 Å². The number of likely N-dealkylation sites (tertiary alicyclic amines) is 1. The van der Waals surface area contributed by atoms with Crippen LogP contribution in [0.3, 0.4) is 0 Å². The number of morpholine rings is 1. The van der Waals surface area contributed by atoms with Gasteiger partial charge in [0.15, 0.2) is 5.11 Å². The molecule has 1 aromatic rings. The molecule has 1 aromatic carbocycles. The van der Waals surface area contributed by atoms with Gasteiger partial charge in [0.05, 0.1) is 36.5 Å². The highest BCUT2D eigenvalue weighted by atomic mass is 32.1. The molecule has 4 fully saturated rings. The number of piperazine rings is 1. The number of rotatable bonds is 5. The Balaban J connectivity index is 1.22. The van der Waals surface area contributed by atoms with Crippen molar-refractivity contribution < 1.29 is 27.5 Å². The van der Waals surface area contributed by atoms with Gasteiger partial charge in [-0.05, 0) is 49.8 Å². The van der Waals surface area contributed by atoms with Gasteiger partial charge in [0.2, 0.25) is 0 Å². The third kappa shape index (κ3) is 4.11. The maximum Gasteiger partial charge on any atom is 0.416 e. The van der Waals surface area contributed by atoms with Gasteiger partial charge in [-0.1, -0.05) is 6.07 Å². The molecule has 34 heavy (non-hydrogen) atoms. The Morgan fingerprint density at radius 1 is 1.21 bits per heavy atom. The molecule has 8 nitrogen and oxygen atoms in total. The normalized spacial score (nSPS) is 27.0. The lowest BCUT2D eigenvalue weighted by atomic mass is 10.1. The molecule has 0 spiro atoms. The second-order valence-electron chi connectivity index (χ2n) is 9.01. The van der Waals surface area contributed by atoms with Gasteiger partial charge in [-0.2, -0.15) is 13.2 Å². The molecule has 12 heteroatoms. The average Bonchev–Trinajstić information content (AvgIpc) is 3.48. The highest BCUT2D eigenvalue weighted by molar-refractivity contribution is 7.80. The zero-order valence-corrected chi connectivity index (χ0v) is 19.3. The Kier molecular flexibility index (Phi) is 6.15. The quantitative estimate of drug-likeness (QED) is 0.379. The molecule has 5 rings (SSSR count). The van der Waals surface area contributed by atoms with Gasteiger partial charge in [-0.15, -0.1) is 0 Å². The standard InChI is InChI=1S/C22H26F3N5O3S/c23-22(24,25)14-3-1-4-15(11-14)30-19(31)18-17-12-16(29(18)21(30)32)13-28(17)20(34)26-5-2-6-27-7-9-33-10-8-27/h1,3-4,11,16-18H,2,5-10,12-13H2,(H,26,34)/t16?,17-,18-/m1/s1. The first-order chi connectivity index (χ1) is 16.3. The van der Waals surface area contributed by atoms with Gasteiger partial charge >= 0.3 is 12.2 Å². The Morgan fingerprint density at radius 2 is 1.97 bits per heavy atom. The van der Waals surface area contributed by atoms with E-state index in [1.54, 1.807) is 0 Å². The molecule has 4 heterocycles. The molecule has 4 saturated heterocycles. The van der Waals surface area contributed by atoms with Crippen LogP contribution in [0.5, 0.6) is 0 Å². The molecular formula is C22H26F3N5O3S. The van der Waals surface area contributed by atoms with Crippen LogP contribution in [0.4, 0.5) is 23.7 Å². The van der Waals surface area contributed by atoms with Crippen LogP contribution in [-0.2, 0) is 15.7 Å². The van der Waals surface area contributed by atoms with Crippen molar-refractivity contribution in [3.8, 4) is 0 Å². The van der Waals surface area contributed by atoms with Gasteiger partial charge in [-0.25, -0.2) is 9.69 Å². The summed E-state index contributed by atoms with van der Waals surface area (Å²) in [6.45, 7) is 5.51. The van der Waals surface area contributed by atoms with Crippen molar-refractivity contribution in [1.29, 1.82) is 0 Å². The van der Waals surface area contributed by atoms with Crippen LogP contribution in [0, 0.1) is 0 Å². The molecule has 1 N–H and O–H groups in total. The number of carbonyl (C=O) groups excluding carboxylic acids is 2. The summed E-state index contributed by atoms with van der Waals surface area (Å²) in [5.41, 5.74) is -0.960. The molecule has 2 bridgehead atoms. The molecule has 0 radical (unpaired) electrons. The molecule has 3 amide bonds. The molecule has 4 aliphatic rings. The van der Waals surface area contributed by atoms with Crippen molar-refractivity contribution >= 4 is 35.0 Å². The number of carbonyl (C=O) groups is 2. The second kappa shape index (κ2) is 8.97. The Bertz CT molecular complexity index is 987. The maximum absolute atomic E-state index is 13.2. The molecular weight excluding hydrogens is 471 g/mol. The number of nitrogens with zero attached hydrogens (tertiary/aromatic N) is 4. The van der Waals surface area contributed by atoms with Crippen molar-refractivity contribution in [2.45, 2.75) is 37.1 Å². The van der Waals surface area contributed by atoms with Gasteiger partial charge in [0.1, 0.15) is 6.04 Å². The third-order valence-corrected chi connectivity index (χ3v) is 7.37. The number of fused-ring (bicyclic) bond motifs is 5. The molecule has 184 valence electrons. The molecule has 0 saturated carbocycles. The van der Waals surface area contributed by atoms with E-state index in [-0.39, 0.29) is 17.8 Å². The number of anilines is 1. The van der Waals surface area contributed by atoms with Crippen LogP contribution < -0.4 is 10.2 Å². The zero-order chi connectivity index (χ0) is 24.0. The average molecular weight is 498 g/mol. The van der Waals surface area contributed by atoms with Gasteiger partial charge < -0.3 is 19.9 Å². The van der Waals surface area contributed by atoms with Crippen LogP contribution in [0.2, 0.25) is 0 Å². The molecule has 0 aromatic heterocycles. The minimum absolute atomic E-state index is 0.0611. The van der Waals surface area contributed by atoms with Crippen LogP contribution in [0.15, 0.2) is 24.3 Å². The number of imide groups is 1. The summed E-state index contributed by atoms with van der Waals surface area (Å²) < 4.78 is 44.8. The summed E-state index contributed by atoms with van der Waals surface area (Å²) in [6, 6.07) is 2.54. The number of alkyl halides is 3. The maximum atomic E-state index is 13.2.